The number of nitrogens with zero attached hydrogens (tertiary/aromatic N) is 2. The van der Waals surface area contributed by atoms with Crippen LogP contribution in [-0.4, -0.2) is 28.5 Å². The highest BCUT2D eigenvalue weighted by molar-refractivity contribution is 6.04. The highest BCUT2D eigenvalue weighted by Gasteiger charge is 2.11. The van der Waals surface area contributed by atoms with E-state index >= 15 is 0 Å². The standard InChI is InChI=1S/C26H24N4O3/c1-18-4-3-5-20(14-18)25(31)28-21-8-6-19(7-9-21)15-30-16-24(27-17-30)26(32)29-22-10-12-23(33-2)13-11-22/h3-14,16-17H,15H2,1-2H3,(H,28,31)(H,29,32). The van der Waals surface area contributed by atoms with Crippen LogP contribution in [0.3, 0.4) is 0 Å². The van der Waals surface area contributed by atoms with Crippen molar-refractivity contribution in [2.45, 2.75) is 13.5 Å². The van der Waals surface area contributed by atoms with Crippen molar-refractivity contribution in [1.82, 2.24) is 9.55 Å². The first-order valence-electron chi connectivity index (χ1n) is 10.4. The molecule has 2 amide bonds. The molecule has 0 saturated heterocycles. The summed E-state index contributed by atoms with van der Waals surface area (Å²) >= 11 is 0. The highest BCUT2D eigenvalue weighted by Crippen LogP contribution is 2.16. The van der Waals surface area contributed by atoms with Crippen LogP contribution >= 0.6 is 0 Å². The topological polar surface area (TPSA) is 85.2 Å². The first-order valence-corrected chi connectivity index (χ1v) is 10.4. The van der Waals surface area contributed by atoms with E-state index in [1.54, 1.807) is 50.0 Å². The average Bonchev–Trinajstić information content (AvgIpc) is 3.29. The predicted molar refractivity (Wildman–Crippen MR) is 128 cm³/mol. The van der Waals surface area contributed by atoms with Crippen LogP contribution < -0.4 is 15.4 Å². The summed E-state index contributed by atoms with van der Waals surface area (Å²) in [6, 6.07) is 22.1. The summed E-state index contributed by atoms with van der Waals surface area (Å²) in [6.07, 6.45) is 3.32. The molecule has 0 spiro atoms. The van der Waals surface area contributed by atoms with Crippen LogP contribution in [0.1, 0.15) is 32.0 Å². The fourth-order valence-electron chi connectivity index (χ4n) is 3.33. The lowest BCUT2D eigenvalue weighted by Gasteiger charge is -2.08. The molecule has 0 aliphatic heterocycles. The minimum absolute atomic E-state index is 0.145. The van der Waals surface area contributed by atoms with Crippen molar-refractivity contribution in [3.05, 3.63) is 108 Å². The van der Waals surface area contributed by atoms with Crippen molar-refractivity contribution in [3.8, 4) is 5.75 Å². The van der Waals surface area contributed by atoms with E-state index in [-0.39, 0.29) is 11.8 Å². The van der Waals surface area contributed by atoms with Gasteiger partial charge in [0.2, 0.25) is 0 Å². The van der Waals surface area contributed by atoms with Gasteiger partial charge in [0.25, 0.3) is 11.8 Å². The van der Waals surface area contributed by atoms with Gasteiger partial charge < -0.3 is 19.9 Å². The molecule has 2 N–H and O–H groups in total. The molecule has 166 valence electrons. The van der Waals surface area contributed by atoms with Gasteiger partial charge >= 0.3 is 0 Å². The van der Waals surface area contributed by atoms with Crippen molar-refractivity contribution in [1.29, 1.82) is 0 Å². The number of amides is 2. The fraction of sp³-hybridized carbons (Fsp3) is 0.115. The summed E-state index contributed by atoms with van der Waals surface area (Å²) in [5, 5.41) is 5.73. The number of anilines is 2. The molecule has 33 heavy (non-hydrogen) atoms. The molecule has 0 bridgehead atoms. The van der Waals surface area contributed by atoms with Gasteiger partial charge in [-0.15, -0.1) is 0 Å². The van der Waals surface area contributed by atoms with Gasteiger partial charge in [-0.2, -0.15) is 0 Å². The Morgan fingerprint density at radius 2 is 1.58 bits per heavy atom. The number of nitrogens with one attached hydrogen (secondary N) is 2. The maximum absolute atomic E-state index is 12.5. The van der Waals surface area contributed by atoms with E-state index in [1.165, 1.54) is 0 Å². The van der Waals surface area contributed by atoms with Gasteiger partial charge in [-0.3, -0.25) is 9.59 Å². The summed E-state index contributed by atoms with van der Waals surface area (Å²) < 4.78 is 6.96. The van der Waals surface area contributed by atoms with Crippen molar-refractivity contribution in [3.63, 3.8) is 0 Å². The molecule has 4 rings (SSSR count). The molecule has 0 atom stereocenters. The molecule has 0 fully saturated rings. The number of rotatable bonds is 7. The third-order valence-electron chi connectivity index (χ3n) is 5.07. The van der Waals surface area contributed by atoms with E-state index in [9.17, 15) is 9.59 Å². The first-order chi connectivity index (χ1) is 16.0. The van der Waals surface area contributed by atoms with Crippen LogP contribution in [0, 0.1) is 6.92 Å². The largest absolute Gasteiger partial charge is 0.497 e. The normalized spacial score (nSPS) is 10.5. The second-order valence-corrected chi connectivity index (χ2v) is 7.63. The van der Waals surface area contributed by atoms with Crippen molar-refractivity contribution in [2.75, 3.05) is 17.7 Å². The molecular weight excluding hydrogens is 416 g/mol. The van der Waals surface area contributed by atoms with Gasteiger partial charge in [-0.05, 0) is 61.0 Å². The van der Waals surface area contributed by atoms with Gasteiger partial charge in [0.1, 0.15) is 11.4 Å². The fourth-order valence-corrected chi connectivity index (χ4v) is 3.33. The number of ether oxygens (including phenoxy) is 1. The Morgan fingerprint density at radius 3 is 2.24 bits per heavy atom. The smallest absolute Gasteiger partial charge is 0.275 e. The van der Waals surface area contributed by atoms with Crippen LogP contribution in [0.4, 0.5) is 11.4 Å². The van der Waals surface area contributed by atoms with Crippen LogP contribution in [-0.2, 0) is 6.54 Å². The Labute approximate surface area is 192 Å². The maximum atomic E-state index is 12.5. The van der Waals surface area contributed by atoms with Gasteiger partial charge in [-0.25, -0.2) is 4.98 Å². The molecule has 7 heteroatoms. The van der Waals surface area contributed by atoms with E-state index in [4.69, 9.17) is 4.74 Å². The summed E-state index contributed by atoms with van der Waals surface area (Å²) in [7, 11) is 1.59. The number of carbonyl (C=O) groups excluding carboxylic acids is 2. The number of imidazole rings is 1. The minimum atomic E-state index is -0.284. The van der Waals surface area contributed by atoms with Gasteiger partial charge in [0, 0.05) is 29.7 Å². The third kappa shape index (κ3) is 5.65. The molecular formula is C26H24N4O3. The number of hydrogen-bond donors (Lipinski definition) is 2. The molecule has 0 unspecified atom stereocenters. The van der Waals surface area contributed by atoms with Crippen molar-refractivity contribution in [2.24, 2.45) is 0 Å². The molecule has 0 saturated carbocycles. The Balaban J connectivity index is 1.34. The molecule has 0 radical (unpaired) electrons. The minimum Gasteiger partial charge on any atom is -0.497 e. The quantitative estimate of drug-likeness (QED) is 0.434. The van der Waals surface area contributed by atoms with Crippen molar-refractivity contribution >= 4 is 23.2 Å². The summed E-state index contributed by atoms with van der Waals surface area (Å²) in [4.78, 5) is 29.1. The van der Waals surface area contributed by atoms with E-state index in [0.717, 1.165) is 22.6 Å². The highest BCUT2D eigenvalue weighted by atomic mass is 16.5. The molecule has 1 heterocycles. The summed E-state index contributed by atoms with van der Waals surface area (Å²) in [5.41, 5.74) is 4.39. The average molecular weight is 441 g/mol. The molecule has 7 nitrogen and oxygen atoms in total. The summed E-state index contributed by atoms with van der Waals surface area (Å²) in [6.45, 7) is 2.50. The second kappa shape index (κ2) is 9.82. The molecule has 0 aliphatic carbocycles. The number of methoxy groups -OCH3 is 1. The lowest BCUT2D eigenvalue weighted by atomic mass is 10.1. The Kier molecular flexibility index (Phi) is 6.50. The number of carbonyl (C=O) groups is 2. The van der Waals surface area contributed by atoms with Crippen molar-refractivity contribution < 1.29 is 14.3 Å². The zero-order valence-electron chi connectivity index (χ0n) is 18.4. The Hall–Kier alpha value is -4.39. The SMILES string of the molecule is COc1ccc(NC(=O)c2cn(Cc3ccc(NC(=O)c4cccc(C)c4)cc3)cn2)cc1. The summed E-state index contributed by atoms with van der Waals surface area (Å²) in [5.74, 6) is 0.291. The molecule has 3 aromatic carbocycles. The van der Waals surface area contributed by atoms with E-state index in [2.05, 4.69) is 15.6 Å². The van der Waals surface area contributed by atoms with Gasteiger partial charge in [0.15, 0.2) is 0 Å². The number of aryl methyl sites for hydroxylation is 1. The monoisotopic (exact) mass is 440 g/mol. The molecule has 0 aliphatic rings. The van der Waals surface area contributed by atoms with E-state index in [0.29, 0.717) is 23.5 Å². The van der Waals surface area contributed by atoms with Gasteiger partial charge in [0.05, 0.1) is 13.4 Å². The molecule has 1 aromatic heterocycles. The van der Waals surface area contributed by atoms with Crippen LogP contribution in [0.15, 0.2) is 85.3 Å². The Morgan fingerprint density at radius 1 is 0.909 bits per heavy atom. The Bertz CT molecular complexity index is 1260. The van der Waals surface area contributed by atoms with Crippen LogP contribution in [0.5, 0.6) is 5.75 Å². The second-order valence-electron chi connectivity index (χ2n) is 7.63. The predicted octanol–water partition coefficient (Wildman–Crippen LogP) is 4.75. The molecule has 4 aromatic rings. The van der Waals surface area contributed by atoms with E-state index in [1.807, 2.05) is 54.0 Å². The maximum Gasteiger partial charge on any atom is 0.275 e. The van der Waals surface area contributed by atoms with Crippen LogP contribution in [0.2, 0.25) is 0 Å². The zero-order chi connectivity index (χ0) is 23.2. The number of hydrogen-bond acceptors (Lipinski definition) is 4. The lowest BCUT2D eigenvalue weighted by molar-refractivity contribution is 0.101. The number of aromatic nitrogens is 2. The number of benzene rings is 3. The van der Waals surface area contributed by atoms with E-state index < -0.39 is 0 Å². The first kappa shape index (κ1) is 21.8. The van der Waals surface area contributed by atoms with Crippen LogP contribution in [0.25, 0.3) is 0 Å². The third-order valence-corrected chi connectivity index (χ3v) is 5.07. The lowest BCUT2D eigenvalue weighted by Crippen LogP contribution is -2.12. The zero-order valence-corrected chi connectivity index (χ0v) is 18.4. The van der Waals surface area contributed by atoms with Gasteiger partial charge in [-0.1, -0.05) is 29.8 Å².